The van der Waals surface area contributed by atoms with E-state index < -0.39 is 4.92 Å². The lowest BCUT2D eigenvalue weighted by Crippen LogP contribution is -2.19. The third-order valence-corrected chi connectivity index (χ3v) is 4.71. The minimum Gasteiger partial charge on any atom is -0.493 e. The molecule has 0 saturated carbocycles. The summed E-state index contributed by atoms with van der Waals surface area (Å²) < 4.78 is 12.2. The number of hydrogen-bond donors (Lipinski definition) is 2. The number of nitro benzene ring substituents is 1. The standard InChI is InChI=1S/C19H24BrN3O4/c1-21-8-3-9-22-12-15-10-18(26-2)19(11-17(15)20)27-13-14-4-6-16(7-5-14)23(24)25/h4-7,10-11,21-22H,3,8-9,12-13H2,1-2H3. The summed E-state index contributed by atoms with van der Waals surface area (Å²) in [5.41, 5.74) is 1.98. The van der Waals surface area contributed by atoms with Crippen LogP contribution in [0.5, 0.6) is 11.5 Å². The molecule has 0 aliphatic rings. The zero-order valence-corrected chi connectivity index (χ0v) is 17.0. The first kappa shape index (κ1) is 21.1. The van der Waals surface area contributed by atoms with Crippen LogP contribution in [-0.2, 0) is 13.2 Å². The Kier molecular flexibility index (Phi) is 8.50. The van der Waals surface area contributed by atoms with Crippen LogP contribution in [0.2, 0.25) is 0 Å². The SMILES string of the molecule is CNCCCNCc1cc(OC)c(OCc2ccc([N+](=O)[O-])cc2)cc1Br. The fraction of sp³-hybridized carbons (Fsp3) is 0.368. The molecule has 0 spiro atoms. The van der Waals surface area contributed by atoms with Crippen molar-refractivity contribution in [3.05, 3.63) is 62.1 Å². The van der Waals surface area contributed by atoms with E-state index in [-0.39, 0.29) is 5.69 Å². The van der Waals surface area contributed by atoms with Crippen LogP contribution in [0.1, 0.15) is 17.5 Å². The maximum atomic E-state index is 10.7. The zero-order valence-electron chi connectivity index (χ0n) is 15.5. The molecule has 0 heterocycles. The molecule has 7 nitrogen and oxygen atoms in total. The quantitative estimate of drug-likeness (QED) is 0.317. The number of nitro groups is 1. The van der Waals surface area contributed by atoms with Gasteiger partial charge in [0.1, 0.15) is 6.61 Å². The lowest BCUT2D eigenvalue weighted by atomic mass is 10.2. The van der Waals surface area contributed by atoms with E-state index in [1.54, 1.807) is 19.2 Å². The Morgan fingerprint density at radius 2 is 1.89 bits per heavy atom. The first-order valence-electron chi connectivity index (χ1n) is 8.63. The average molecular weight is 438 g/mol. The summed E-state index contributed by atoms with van der Waals surface area (Å²) in [6.07, 6.45) is 1.06. The van der Waals surface area contributed by atoms with Crippen molar-refractivity contribution in [1.82, 2.24) is 10.6 Å². The molecule has 0 fully saturated rings. The smallest absolute Gasteiger partial charge is 0.269 e. The zero-order chi connectivity index (χ0) is 19.6. The average Bonchev–Trinajstić information content (AvgIpc) is 2.67. The lowest BCUT2D eigenvalue weighted by Gasteiger charge is -2.14. The second kappa shape index (κ2) is 10.9. The molecule has 0 aliphatic carbocycles. The molecule has 0 amide bonds. The van der Waals surface area contributed by atoms with Crippen LogP contribution in [0, 0.1) is 10.1 Å². The Labute approximate surface area is 167 Å². The third kappa shape index (κ3) is 6.50. The van der Waals surface area contributed by atoms with Crippen molar-refractivity contribution in [2.45, 2.75) is 19.6 Å². The number of hydrogen-bond acceptors (Lipinski definition) is 6. The van der Waals surface area contributed by atoms with E-state index in [0.717, 1.165) is 41.7 Å². The van der Waals surface area contributed by atoms with E-state index in [1.807, 2.05) is 19.2 Å². The molecule has 27 heavy (non-hydrogen) atoms. The van der Waals surface area contributed by atoms with E-state index in [2.05, 4.69) is 26.6 Å². The van der Waals surface area contributed by atoms with Crippen LogP contribution < -0.4 is 20.1 Å². The predicted molar refractivity (Wildman–Crippen MR) is 108 cm³/mol. The van der Waals surface area contributed by atoms with Gasteiger partial charge < -0.3 is 20.1 Å². The molecule has 146 valence electrons. The van der Waals surface area contributed by atoms with Crippen LogP contribution in [0.15, 0.2) is 40.9 Å². The highest BCUT2D eigenvalue weighted by Gasteiger charge is 2.11. The highest BCUT2D eigenvalue weighted by atomic mass is 79.9. The second-order valence-electron chi connectivity index (χ2n) is 5.94. The van der Waals surface area contributed by atoms with Gasteiger partial charge >= 0.3 is 0 Å². The highest BCUT2D eigenvalue weighted by Crippen LogP contribution is 2.34. The molecule has 2 aromatic carbocycles. The van der Waals surface area contributed by atoms with Gasteiger partial charge in [-0.25, -0.2) is 0 Å². The third-order valence-electron chi connectivity index (χ3n) is 3.97. The molecule has 0 atom stereocenters. The van der Waals surface area contributed by atoms with Crippen molar-refractivity contribution in [3.8, 4) is 11.5 Å². The number of non-ortho nitro benzene ring substituents is 1. The van der Waals surface area contributed by atoms with Crippen LogP contribution in [-0.4, -0.2) is 32.2 Å². The molecule has 0 saturated heterocycles. The monoisotopic (exact) mass is 437 g/mol. The van der Waals surface area contributed by atoms with Gasteiger partial charge in [0.05, 0.1) is 12.0 Å². The van der Waals surface area contributed by atoms with E-state index in [0.29, 0.717) is 18.1 Å². The van der Waals surface area contributed by atoms with Gasteiger partial charge in [0.15, 0.2) is 11.5 Å². The molecule has 2 N–H and O–H groups in total. The maximum Gasteiger partial charge on any atom is 0.269 e. The van der Waals surface area contributed by atoms with Gasteiger partial charge in [0.2, 0.25) is 0 Å². The van der Waals surface area contributed by atoms with Crippen LogP contribution >= 0.6 is 15.9 Å². The van der Waals surface area contributed by atoms with Gasteiger partial charge in [0.25, 0.3) is 5.69 Å². The van der Waals surface area contributed by atoms with Crippen molar-refractivity contribution >= 4 is 21.6 Å². The number of halogens is 1. The molecule has 2 rings (SSSR count). The van der Waals surface area contributed by atoms with Crippen LogP contribution in [0.25, 0.3) is 0 Å². The van der Waals surface area contributed by atoms with E-state index in [9.17, 15) is 10.1 Å². The van der Waals surface area contributed by atoms with Crippen molar-refractivity contribution in [2.24, 2.45) is 0 Å². The van der Waals surface area contributed by atoms with Crippen LogP contribution in [0.3, 0.4) is 0 Å². The Balaban J connectivity index is 1.99. The van der Waals surface area contributed by atoms with Gasteiger partial charge in [0, 0.05) is 23.2 Å². The first-order valence-corrected chi connectivity index (χ1v) is 9.42. The van der Waals surface area contributed by atoms with Gasteiger partial charge in [-0.15, -0.1) is 0 Å². The van der Waals surface area contributed by atoms with Gasteiger partial charge in [-0.05, 0) is 62.0 Å². The van der Waals surface area contributed by atoms with E-state index in [1.165, 1.54) is 12.1 Å². The number of nitrogens with one attached hydrogen (secondary N) is 2. The molecule has 0 aromatic heterocycles. The molecule has 0 unspecified atom stereocenters. The fourth-order valence-electron chi connectivity index (χ4n) is 2.47. The van der Waals surface area contributed by atoms with Crippen molar-refractivity contribution in [3.63, 3.8) is 0 Å². The topological polar surface area (TPSA) is 85.7 Å². The fourth-order valence-corrected chi connectivity index (χ4v) is 2.94. The summed E-state index contributed by atoms with van der Waals surface area (Å²) in [7, 11) is 3.54. The summed E-state index contributed by atoms with van der Waals surface area (Å²) in [5, 5.41) is 17.2. The summed E-state index contributed by atoms with van der Waals surface area (Å²) in [4.78, 5) is 10.3. The molecular formula is C19H24BrN3O4. The lowest BCUT2D eigenvalue weighted by molar-refractivity contribution is -0.384. The summed E-state index contributed by atoms with van der Waals surface area (Å²) in [5.74, 6) is 1.26. The van der Waals surface area contributed by atoms with Crippen molar-refractivity contribution in [2.75, 3.05) is 27.2 Å². The van der Waals surface area contributed by atoms with Gasteiger partial charge in [-0.2, -0.15) is 0 Å². The van der Waals surface area contributed by atoms with Gasteiger partial charge in [-0.1, -0.05) is 15.9 Å². The Morgan fingerprint density at radius 3 is 2.52 bits per heavy atom. The predicted octanol–water partition coefficient (Wildman–Crippen LogP) is 3.64. The van der Waals surface area contributed by atoms with Crippen LogP contribution in [0.4, 0.5) is 5.69 Å². The van der Waals surface area contributed by atoms with E-state index >= 15 is 0 Å². The molecular weight excluding hydrogens is 414 g/mol. The Bertz CT molecular complexity index is 753. The van der Waals surface area contributed by atoms with Crippen molar-refractivity contribution in [1.29, 1.82) is 0 Å². The van der Waals surface area contributed by atoms with Gasteiger partial charge in [-0.3, -0.25) is 10.1 Å². The molecule has 8 heteroatoms. The first-order chi connectivity index (χ1) is 13.0. The number of rotatable bonds is 11. The number of ether oxygens (including phenoxy) is 2. The van der Waals surface area contributed by atoms with E-state index in [4.69, 9.17) is 9.47 Å². The second-order valence-corrected chi connectivity index (χ2v) is 6.79. The highest BCUT2D eigenvalue weighted by molar-refractivity contribution is 9.10. The minimum absolute atomic E-state index is 0.0608. The Hall–Kier alpha value is -2.16. The molecule has 0 bridgehead atoms. The Morgan fingerprint density at radius 1 is 1.15 bits per heavy atom. The minimum atomic E-state index is -0.420. The largest absolute Gasteiger partial charge is 0.493 e. The summed E-state index contributed by atoms with van der Waals surface area (Å²) in [6.45, 7) is 2.92. The molecule has 0 aliphatic heterocycles. The number of nitrogens with zero attached hydrogens (tertiary/aromatic N) is 1. The summed E-state index contributed by atoms with van der Waals surface area (Å²) >= 11 is 3.58. The number of benzene rings is 2. The van der Waals surface area contributed by atoms with Crippen molar-refractivity contribution < 1.29 is 14.4 Å². The number of methoxy groups -OCH3 is 1. The maximum absolute atomic E-state index is 10.7. The normalized spacial score (nSPS) is 10.6. The molecule has 2 aromatic rings. The molecule has 0 radical (unpaired) electrons. The summed E-state index contributed by atoms with van der Waals surface area (Å²) in [6, 6.07) is 10.1.